The molecular weight excluding hydrogens is 292 g/mol. The van der Waals surface area contributed by atoms with Gasteiger partial charge in [-0.05, 0) is 24.1 Å². The molecule has 2 unspecified atom stereocenters. The van der Waals surface area contributed by atoms with Crippen molar-refractivity contribution in [2.24, 2.45) is 11.7 Å². The van der Waals surface area contributed by atoms with Gasteiger partial charge in [0.2, 0.25) is 5.91 Å². The quantitative estimate of drug-likeness (QED) is 0.724. The monoisotopic (exact) mass is 314 g/mol. The molecule has 2 atom stereocenters. The van der Waals surface area contributed by atoms with Gasteiger partial charge in [0, 0.05) is 12.8 Å². The fourth-order valence-electron chi connectivity index (χ4n) is 1.67. The lowest BCUT2D eigenvalue weighted by atomic mass is 9.99. The molecule has 5 nitrogen and oxygen atoms in total. The molecule has 118 valence electrons. The predicted molar refractivity (Wildman–Crippen MR) is 84.9 cm³/mol. The van der Waals surface area contributed by atoms with Crippen LogP contribution >= 0.6 is 11.6 Å². The summed E-state index contributed by atoms with van der Waals surface area (Å²) in [4.78, 5) is 12.0. The Kier molecular flexibility index (Phi) is 7.50. The van der Waals surface area contributed by atoms with Gasteiger partial charge in [-0.25, -0.2) is 0 Å². The molecule has 1 rings (SSSR count). The molecule has 0 aromatic heterocycles. The number of methoxy groups -OCH3 is 1. The molecule has 1 aromatic carbocycles. The van der Waals surface area contributed by atoms with Crippen molar-refractivity contribution in [3.8, 4) is 5.75 Å². The number of nitrogens with one attached hydrogen (secondary N) is 1. The minimum absolute atomic E-state index is 0.122. The minimum atomic E-state index is -0.536. The number of benzene rings is 1. The summed E-state index contributed by atoms with van der Waals surface area (Å²) in [5.74, 6) is 0.462. The highest BCUT2D eigenvalue weighted by molar-refractivity contribution is 6.32. The van der Waals surface area contributed by atoms with E-state index in [0.29, 0.717) is 29.7 Å². The third kappa shape index (κ3) is 5.53. The Hall–Kier alpha value is -1.30. The van der Waals surface area contributed by atoms with E-state index in [2.05, 4.69) is 5.32 Å². The van der Waals surface area contributed by atoms with Gasteiger partial charge >= 0.3 is 0 Å². The standard InChI is InChI=1S/C15H23ClN2O3/c1-4-10(2)14(17)15(19)18-11-5-6-13(12(16)9-11)21-8-7-20-3/h5-6,9-10,14H,4,7-8,17H2,1-3H3,(H,18,19). The van der Waals surface area contributed by atoms with Crippen LogP contribution in [0.3, 0.4) is 0 Å². The summed E-state index contributed by atoms with van der Waals surface area (Å²) in [5.41, 5.74) is 6.48. The molecule has 0 spiro atoms. The van der Waals surface area contributed by atoms with Crippen LogP contribution in [0.1, 0.15) is 20.3 Å². The number of nitrogens with two attached hydrogens (primary N) is 1. The summed E-state index contributed by atoms with van der Waals surface area (Å²) in [7, 11) is 1.60. The number of carbonyl (C=O) groups is 1. The van der Waals surface area contributed by atoms with Crippen LogP contribution in [0.2, 0.25) is 5.02 Å². The van der Waals surface area contributed by atoms with E-state index in [1.807, 2.05) is 13.8 Å². The van der Waals surface area contributed by atoms with Crippen LogP contribution in [-0.2, 0) is 9.53 Å². The van der Waals surface area contributed by atoms with Crippen molar-refractivity contribution < 1.29 is 14.3 Å². The Labute approximate surface area is 130 Å². The summed E-state index contributed by atoms with van der Waals surface area (Å²) in [6.07, 6.45) is 0.849. The number of anilines is 1. The molecule has 0 bridgehead atoms. The Morgan fingerprint density at radius 3 is 2.71 bits per heavy atom. The lowest BCUT2D eigenvalue weighted by molar-refractivity contribution is -0.118. The van der Waals surface area contributed by atoms with Crippen LogP contribution in [0, 0.1) is 5.92 Å². The zero-order valence-corrected chi connectivity index (χ0v) is 13.4. The highest BCUT2D eigenvalue weighted by Gasteiger charge is 2.19. The molecule has 0 saturated carbocycles. The summed E-state index contributed by atoms with van der Waals surface area (Å²) >= 11 is 6.11. The SMILES string of the molecule is CCC(C)C(N)C(=O)Nc1ccc(OCCOC)c(Cl)c1. The van der Waals surface area contributed by atoms with Gasteiger partial charge in [-0.3, -0.25) is 4.79 Å². The van der Waals surface area contributed by atoms with Gasteiger partial charge in [0.1, 0.15) is 12.4 Å². The van der Waals surface area contributed by atoms with Crippen molar-refractivity contribution in [1.82, 2.24) is 0 Å². The molecule has 0 aliphatic heterocycles. The van der Waals surface area contributed by atoms with E-state index in [-0.39, 0.29) is 11.8 Å². The Morgan fingerprint density at radius 2 is 2.14 bits per heavy atom. The van der Waals surface area contributed by atoms with Crippen LogP contribution in [-0.4, -0.2) is 32.3 Å². The molecule has 21 heavy (non-hydrogen) atoms. The predicted octanol–water partition coefficient (Wildman–Crippen LogP) is 2.68. The van der Waals surface area contributed by atoms with Gasteiger partial charge in [-0.15, -0.1) is 0 Å². The number of hydrogen-bond acceptors (Lipinski definition) is 4. The maximum atomic E-state index is 12.0. The van der Waals surface area contributed by atoms with E-state index in [1.165, 1.54) is 0 Å². The van der Waals surface area contributed by atoms with Gasteiger partial charge in [0.05, 0.1) is 17.7 Å². The first-order valence-electron chi connectivity index (χ1n) is 6.97. The van der Waals surface area contributed by atoms with E-state index in [1.54, 1.807) is 25.3 Å². The van der Waals surface area contributed by atoms with E-state index in [0.717, 1.165) is 6.42 Å². The van der Waals surface area contributed by atoms with Gasteiger partial charge in [0.25, 0.3) is 0 Å². The molecule has 1 aromatic rings. The second-order valence-corrected chi connectivity index (χ2v) is 5.29. The molecule has 0 fully saturated rings. The fraction of sp³-hybridized carbons (Fsp3) is 0.533. The maximum Gasteiger partial charge on any atom is 0.241 e. The van der Waals surface area contributed by atoms with Crippen molar-refractivity contribution in [3.63, 3.8) is 0 Å². The van der Waals surface area contributed by atoms with Crippen LogP contribution in [0.4, 0.5) is 5.69 Å². The second kappa shape index (κ2) is 8.87. The van der Waals surface area contributed by atoms with Gasteiger partial charge in [0.15, 0.2) is 0 Å². The Bertz CT molecular complexity index is 468. The summed E-state index contributed by atoms with van der Waals surface area (Å²) < 4.78 is 10.3. The lowest BCUT2D eigenvalue weighted by Gasteiger charge is -2.18. The number of carbonyl (C=O) groups excluding carboxylic acids is 1. The average molecular weight is 315 g/mol. The minimum Gasteiger partial charge on any atom is -0.490 e. The highest BCUT2D eigenvalue weighted by Crippen LogP contribution is 2.27. The summed E-state index contributed by atoms with van der Waals surface area (Å²) in [5, 5.41) is 3.20. The molecular formula is C15H23ClN2O3. The largest absolute Gasteiger partial charge is 0.490 e. The fourth-order valence-corrected chi connectivity index (χ4v) is 1.90. The molecule has 3 N–H and O–H groups in total. The number of amides is 1. The highest BCUT2D eigenvalue weighted by atomic mass is 35.5. The van der Waals surface area contributed by atoms with E-state index in [4.69, 9.17) is 26.8 Å². The number of ether oxygens (including phenoxy) is 2. The van der Waals surface area contributed by atoms with E-state index < -0.39 is 6.04 Å². The molecule has 1 amide bonds. The van der Waals surface area contributed by atoms with Gasteiger partial charge in [-0.2, -0.15) is 0 Å². The first kappa shape index (κ1) is 17.8. The molecule has 0 aliphatic carbocycles. The Balaban J connectivity index is 2.65. The van der Waals surface area contributed by atoms with Crippen LogP contribution in [0.5, 0.6) is 5.75 Å². The summed E-state index contributed by atoms with van der Waals surface area (Å²) in [6, 6.07) is 4.55. The summed E-state index contributed by atoms with van der Waals surface area (Å²) in [6.45, 7) is 4.85. The van der Waals surface area contributed by atoms with Crippen molar-refractivity contribution >= 4 is 23.2 Å². The zero-order chi connectivity index (χ0) is 15.8. The third-order valence-electron chi connectivity index (χ3n) is 3.30. The number of rotatable bonds is 8. The molecule has 0 heterocycles. The maximum absolute atomic E-state index is 12.0. The normalized spacial score (nSPS) is 13.6. The van der Waals surface area contributed by atoms with Gasteiger partial charge in [-0.1, -0.05) is 31.9 Å². The number of halogens is 1. The van der Waals surface area contributed by atoms with Crippen molar-refractivity contribution in [2.75, 3.05) is 25.6 Å². The van der Waals surface area contributed by atoms with Crippen molar-refractivity contribution in [1.29, 1.82) is 0 Å². The topological polar surface area (TPSA) is 73.6 Å². The van der Waals surface area contributed by atoms with E-state index >= 15 is 0 Å². The van der Waals surface area contributed by atoms with Crippen LogP contribution in [0.15, 0.2) is 18.2 Å². The molecule has 6 heteroatoms. The second-order valence-electron chi connectivity index (χ2n) is 4.89. The van der Waals surface area contributed by atoms with Crippen LogP contribution < -0.4 is 15.8 Å². The first-order chi connectivity index (χ1) is 9.99. The smallest absolute Gasteiger partial charge is 0.241 e. The first-order valence-corrected chi connectivity index (χ1v) is 7.35. The number of hydrogen-bond donors (Lipinski definition) is 2. The molecule has 0 radical (unpaired) electrons. The Morgan fingerprint density at radius 1 is 1.43 bits per heavy atom. The molecule has 0 saturated heterocycles. The van der Waals surface area contributed by atoms with Gasteiger partial charge < -0.3 is 20.5 Å². The third-order valence-corrected chi connectivity index (χ3v) is 3.60. The lowest BCUT2D eigenvalue weighted by Crippen LogP contribution is -2.40. The van der Waals surface area contributed by atoms with Crippen molar-refractivity contribution in [2.45, 2.75) is 26.3 Å². The van der Waals surface area contributed by atoms with Crippen molar-refractivity contribution in [3.05, 3.63) is 23.2 Å². The average Bonchev–Trinajstić information content (AvgIpc) is 2.48. The van der Waals surface area contributed by atoms with Crippen LogP contribution in [0.25, 0.3) is 0 Å². The molecule has 0 aliphatic rings. The van der Waals surface area contributed by atoms with E-state index in [9.17, 15) is 4.79 Å². The zero-order valence-electron chi connectivity index (χ0n) is 12.7.